The number of nitrogen functional groups attached to an aromatic ring is 1. The Morgan fingerprint density at radius 3 is 2.62 bits per heavy atom. The van der Waals surface area contributed by atoms with E-state index in [-0.39, 0.29) is 0 Å². The number of nitrogens with zero attached hydrogens (tertiary/aromatic N) is 4. The van der Waals surface area contributed by atoms with Gasteiger partial charge in [0, 0.05) is 10.8 Å². The van der Waals surface area contributed by atoms with Crippen LogP contribution in [0.3, 0.4) is 0 Å². The third kappa shape index (κ3) is 2.00. The van der Waals surface area contributed by atoms with Crippen molar-refractivity contribution in [1.82, 2.24) is 19.7 Å². The van der Waals surface area contributed by atoms with E-state index < -0.39 is 0 Å². The Labute approximate surface area is 150 Å². The molecule has 0 aliphatic heterocycles. The van der Waals surface area contributed by atoms with E-state index >= 15 is 0 Å². The summed E-state index contributed by atoms with van der Waals surface area (Å²) in [6.07, 6.45) is 0. The summed E-state index contributed by atoms with van der Waals surface area (Å²) in [5.74, 6) is 0.738. The van der Waals surface area contributed by atoms with Gasteiger partial charge in [0.25, 0.3) is 0 Å². The topological polar surface area (TPSA) is 69.6 Å². The molecule has 2 aromatic carbocycles. The lowest BCUT2D eigenvalue weighted by Gasteiger charge is -2.08. The molecule has 5 nitrogen and oxygen atoms in total. The van der Waals surface area contributed by atoms with Crippen LogP contribution < -0.4 is 5.73 Å². The second kappa shape index (κ2) is 5.26. The molecule has 5 rings (SSSR count). The second-order valence-corrected chi connectivity index (χ2v) is 6.55. The van der Waals surface area contributed by atoms with Crippen molar-refractivity contribution in [1.29, 1.82) is 0 Å². The molecule has 0 aliphatic carbocycles. The van der Waals surface area contributed by atoms with Gasteiger partial charge in [0.1, 0.15) is 0 Å². The summed E-state index contributed by atoms with van der Waals surface area (Å²) in [6, 6.07) is 18.1. The number of hydrogen-bond donors (Lipinski definition) is 1. The molecule has 126 valence electrons. The summed E-state index contributed by atoms with van der Waals surface area (Å²) in [5, 5.41) is 7.64. The molecule has 0 amide bonds. The van der Waals surface area contributed by atoms with Crippen molar-refractivity contribution in [3.05, 3.63) is 65.9 Å². The first-order valence-corrected chi connectivity index (χ1v) is 8.54. The standard InChI is InChI=1S/C21H17N5/c1-12-6-5-8-15-19(22)18-13(2)25-26(21(18)24-20(12)15)17-11-10-14-7-3-4-9-16(14)23-17/h3-11H,1-2H3,(H2,22,24). The summed E-state index contributed by atoms with van der Waals surface area (Å²) in [7, 11) is 0. The van der Waals surface area contributed by atoms with Gasteiger partial charge in [-0.2, -0.15) is 9.78 Å². The summed E-state index contributed by atoms with van der Waals surface area (Å²) in [4.78, 5) is 9.66. The van der Waals surface area contributed by atoms with Gasteiger partial charge < -0.3 is 5.73 Å². The van der Waals surface area contributed by atoms with E-state index in [0.29, 0.717) is 0 Å². The molecule has 5 aromatic rings. The van der Waals surface area contributed by atoms with Gasteiger partial charge in [-0.1, -0.05) is 36.4 Å². The maximum Gasteiger partial charge on any atom is 0.167 e. The number of anilines is 1. The summed E-state index contributed by atoms with van der Waals surface area (Å²) < 4.78 is 1.79. The minimum Gasteiger partial charge on any atom is -0.398 e. The molecule has 5 heteroatoms. The molecule has 0 bridgehead atoms. The number of benzene rings is 2. The van der Waals surface area contributed by atoms with E-state index in [4.69, 9.17) is 20.8 Å². The fraction of sp³-hybridized carbons (Fsp3) is 0.0952. The maximum atomic E-state index is 6.49. The Kier molecular flexibility index (Phi) is 3.00. The minimum absolute atomic E-state index is 0.721. The quantitative estimate of drug-likeness (QED) is 0.494. The van der Waals surface area contributed by atoms with E-state index in [9.17, 15) is 0 Å². The number of rotatable bonds is 1. The third-order valence-electron chi connectivity index (χ3n) is 4.85. The number of fused-ring (bicyclic) bond motifs is 3. The Morgan fingerprint density at radius 2 is 1.73 bits per heavy atom. The van der Waals surface area contributed by atoms with Crippen LogP contribution in [0, 0.1) is 13.8 Å². The first kappa shape index (κ1) is 14.8. The summed E-state index contributed by atoms with van der Waals surface area (Å²) in [6.45, 7) is 4.00. The van der Waals surface area contributed by atoms with Gasteiger partial charge >= 0.3 is 0 Å². The van der Waals surface area contributed by atoms with Crippen LogP contribution in [0.25, 0.3) is 38.7 Å². The first-order chi connectivity index (χ1) is 12.6. The van der Waals surface area contributed by atoms with Crippen LogP contribution in [0.5, 0.6) is 0 Å². The third-order valence-corrected chi connectivity index (χ3v) is 4.85. The lowest BCUT2D eigenvalue weighted by molar-refractivity contribution is 0.854. The van der Waals surface area contributed by atoms with Crippen LogP contribution in [0.15, 0.2) is 54.6 Å². The highest BCUT2D eigenvalue weighted by Gasteiger charge is 2.17. The van der Waals surface area contributed by atoms with E-state index in [1.165, 1.54) is 0 Å². The van der Waals surface area contributed by atoms with Crippen molar-refractivity contribution < 1.29 is 0 Å². The molecule has 0 saturated heterocycles. The van der Waals surface area contributed by atoms with Crippen LogP contribution >= 0.6 is 0 Å². The Morgan fingerprint density at radius 1 is 0.885 bits per heavy atom. The van der Waals surface area contributed by atoms with E-state index in [1.807, 2.05) is 62.4 Å². The van der Waals surface area contributed by atoms with Gasteiger partial charge in [-0.05, 0) is 37.6 Å². The van der Waals surface area contributed by atoms with Crippen LogP contribution in [0.2, 0.25) is 0 Å². The van der Waals surface area contributed by atoms with Crippen LogP contribution in [0.4, 0.5) is 5.69 Å². The fourth-order valence-corrected chi connectivity index (χ4v) is 3.53. The Bertz CT molecular complexity index is 1320. The molecule has 0 fully saturated rings. The summed E-state index contributed by atoms with van der Waals surface area (Å²) in [5.41, 5.74) is 11.7. The van der Waals surface area contributed by atoms with Crippen molar-refractivity contribution >= 4 is 38.5 Å². The molecular formula is C21H17N5. The van der Waals surface area contributed by atoms with E-state index in [2.05, 4.69) is 6.07 Å². The molecule has 3 aromatic heterocycles. The highest BCUT2D eigenvalue weighted by molar-refractivity contribution is 6.07. The monoisotopic (exact) mass is 339 g/mol. The van der Waals surface area contributed by atoms with Crippen molar-refractivity contribution in [2.45, 2.75) is 13.8 Å². The molecule has 3 heterocycles. The van der Waals surface area contributed by atoms with Gasteiger partial charge in [0.05, 0.1) is 27.8 Å². The lowest BCUT2D eigenvalue weighted by atomic mass is 10.1. The fourth-order valence-electron chi connectivity index (χ4n) is 3.53. The predicted molar refractivity (Wildman–Crippen MR) is 106 cm³/mol. The van der Waals surface area contributed by atoms with Gasteiger partial charge in [0.15, 0.2) is 11.5 Å². The molecule has 0 saturated carbocycles. The Hall–Kier alpha value is -3.47. The largest absolute Gasteiger partial charge is 0.398 e. The summed E-state index contributed by atoms with van der Waals surface area (Å²) >= 11 is 0. The molecule has 26 heavy (non-hydrogen) atoms. The highest BCUT2D eigenvalue weighted by atomic mass is 15.3. The number of para-hydroxylation sites is 2. The van der Waals surface area contributed by atoms with Gasteiger partial charge in [0.2, 0.25) is 0 Å². The predicted octanol–water partition coefficient (Wildman–Crippen LogP) is 4.32. The lowest BCUT2D eigenvalue weighted by Crippen LogP contribution is -2.02. The number of aromatic nitrogens is 4. The van der Waals surface area contributed by atoms with Gasteiger partial charge in [-0.3, -0.25) is 0 Å². The SMILES string of the molecule is Cc1cccc2c(N)c3c(C)nn(-c4ccc5ccccc5n4)c3nc12. The zero-order valence-corrected chi connectivity index (χ0v) is 14.6. The molecule has 2 N–H and O–H groups in total. The molecule has 0 atom stereocenters. The Balaban J connectivity index is 1.88. The van der Waals surface area contributed by atoms with Crippen LogP contribution in [-0.2, 0) is 0 Å². The molecule has 0 radical (unpaired) electrons. The average molecular weight is 339 g/mol. The van der Waals surface area contributed by atoms with Gasteiger partial charge in [-0.25, -0.2) is 9.97 Å². The molecule has 0 unspecified atom stereocenters. The van der Waals surface area contributed by atoms with E-state index in [1.54, 1.807) is 4.68 Å². The smallest absolute Gasteiger partial charge is 0.167 e. The van der Waals surface area contributed by atoms with Crippen molar-refractivity contribution in [3.63, 3.8) is 0 Å². The molecular weight excluding hydrogens is 322 g/mol. The van der Waals surface area contributed by atoms with Gasteiger partial charge in [-0.15, -0.1) is 0 Å². The average Bonchev–Trinajstić information content (AvgIpc) is 2.99. The first-order valence-electron chi connectivity index (χ1n) is 8.54. The zero-order valence-electron chi connectivity index (χ0n) is 14.6. The second-order valence-electron chi connectivity index (χ2n) is 6.55. The maximum absolute atomic E-state index is 6.49. The number of pyridine rings is 2. The zero-order chi connectivity index (χ0) is 17.8. The van der Waals surface area contributed by atoms with Crippen molar-refractivity contribution in [2.24, 2.45) is 0 Å². The molecule has 0 aliphatic rings. The highest BCUT2D eigenvalue weighted by Crippen LogP contribution is 2.32. The number of hydrogen-bond acceptors (Lipinski definition) is 4. The minimum atomic E-state index is 0.721. The van der Waals surface area contributed by atoms with E-state index in [0.717, 1.165) is 55.6 Å². The van der Waals surface area contributed by atoms with Crippen LogP contribution in [-0.4, -0.2) is 19.7 Å². The number of aryl methyl sites for hydroxylation is 2. The van der Waals surface area contributed by atoms with Crippen LogP contribution in [0.1, 0.15) is 11.3 Å². The van der Waals surface area contributed by atoms with Crippen molar-refractivity contribution in [2.75, 3.05) is 5.73 Å². The van der Waals surface area contributed by atoms with Crippen molar-refractivity contribution in [3.8, 4) is 5.82 Å². The normalized spacial score (nSPS) is 11.6. The molecule has 0 spiro atoms. The number of nitrogens with two attached hydrogens (primary N) is 1.